The number of nitrogens with zero attached hydrogens (tertiary/aromatic N) is 9. The maximum Gasteiger partial charge on any atom is 0.244 e. The molecule has 0 atom stereocenters. The molecule has 402 valence electrons. The van der Waals surface area contributed by atoms with Gasteiger partial charge in [-0.3, -0.25) is 0 Å². The molecule has 0 amide bonds. The van der Waals surface area contributed by atoms with Crippen molar-refractivity contribution in [2.24, 2.45) is 0 Å². The molecule has 4 aromatic heterocycles. The van der Waals surface area contributed by atoms with Crippen LogP contribution in [0, 0.1) is 51.9 Å². The first-order chi connectivity index (χ1) is 43.9. The van der Waals surface area contributed by atoms with Gasteiger partial charge in [0.1, 0.15) is 0 Å². The maximum absolute atomic E-state index is 11.7. The van der Waals surface area contributed by atoms with Crippen LogP contribution in [-0.4, -0.2) is 25.0 Å². The van der Waals surface area contributed by atoms with Gasteiger partial charge in [0.2, 0.25) is 6.71 Å². The van der Waals surface area contributed by atoms with E-state index in [9.17, 15) is 21.0 Å². The van der Waals surface area contributed by atoms with E-state index in [1.165, 1.54) is 0 Å². The van der Waals surface area contributed by atoms with Crippen LogP contribution in [0.5, 0.6) is 0 Å². The van der Waals surface area contributed by atoms with Crippen LogP contribution in [0.1, 0.15) is 22.3 Å². The van der Waals surface area contributed by atoms with E-state index in [-0.39, 0.29) is 6.71 Å². The van der Waals surface area contributed by atoms with Gasteiger partial charge in [-0.15, -0.1) is 0 Å². The van der Waals surface area contributed by atoms with Crippen LogP contribution in [0.15, 0.2) is 231 Å². The number of aromatic nitrogens is 4. The van der Waals surface area contributed by atoms with E-state index >= 15 is 0 Å². The summed E-state index contributed by atoms with van der Waals surface area (Å²) < 4.78 is 9.46. The number of benzene rings is 13. The molecule has 0 fully saturated rings. The van der Waals surface area contributed by atoms with Gasteiger partial charge >= 0.3 is 0 Å². The van der Waals surface area contributed by atoms with Crippen molar-refractivity contribution in [3.05, 3.63) is 264 Å². The second-order valence-corrected chi connectivity index (χ2v) is 23.4. The Morgan fingerprint density at radius 1 is 0.315 bits per heavy atom. The highest BCUT2D eigenvalue weighted by Gasteiger charge is 2.43. The molecule has 0 spiro atoms. The molecule has 10 heteroatoms. The Balaban J connectivity index is 1.08. The van der Waals surface area contributed by atoms with E-state index in [1.807, 2.05) is 84.9 Å². The molecule has 0 N–H and O–H groups in total. The van der Waals surface area contributed by atoms with E-state index in [2.05, 4.69) is 193 Å². The van der Waals surface area contributed by atoms with E-state index in [4.69, 9.17) is 6.57 Å². The molecule has 6 heterocycles. The summed E-state index contributed by atoms with van der Waals surface area (Å²) in [4.78, 5) is 3.80. The Kier molecular flexibility index (Phi) is 9.58. The number of fused-ring (bicyclic) bond motifs is 20. The molecule has 9 nitrogen and oxygen atoms in total. The van der Waals surface area contributed by atoms with Gasteiger partial charge in [0, 0.05) is 87.7 Å². The number of hydrogen-bond donors (Lipinski definition) is 0. The van der Waals surface area contributed by atoms with Crippen molar-refractivity contribution < 1.29 is 0 Å². The molecule has 19 rings (SSSR count). The third-order valence-electron chi connectivity index (χ3n) is 19.2. The third kappa shape index (κ3) is 6.26. The fourth-order valence-electron chi connectivity index (χ4n) is 15.7. The second kappa shape index (κ2) is 17.6. The first kappa shape index (κ1) is 48.5. The zero-order valence-electron chi connectivity index (χ0n) is 47.0. The lowest BCUT2D eigenvalue weighted by molar-refractivity contribution is 1.18. The lowest BCUT2D eigenvalue weighted by atomic mass is 9.30. The first-order valence-corrected chi connectivity index (χ1v) is 29.4. The molecule has 13 aromatic carbocycles. The van der Waals surface area contributed by atoms with Crippen molar-refractivity contribution >= 4 is 138 Å². The number of nitriles is 4. The summed E-state index contributed by atoms with van der Waals surface area (Å²) in [7, 11) is 0. The van der Waals surface area contributed by atoms with Crippen LogP contribution in [0.3, 0.4) is 0 Å². The summed E-state index contributed by atoms with van der Waals surface area (Å²) in [6.07, 6.45) is 0. The van der Waals surface area contributed by atoms with E-state index < -0.39 is 0 Å². The zero-order valence-corrected chi connectivity index (χ0v) is 47.0. The fourth-order valence-corrected chi connectivity index (χ4v) is 15.7. The lowest BCUT2D eigenvalue weighted by Gasteiger charge is -2.36. The first-order valence-electron chi connectivity index (χ1n) is 29.4. The second-order valence-electron chi connectivity index (χ2n) is 23.4. The predicted molar refractivity (Wildman–Crippen MR) is 359 cm³/mol. The summed E-state index contributed by atoms with van der Waals surface area (Å²) >= 11 is 0. The topological polar surface area (TPSA) is 119 Å². The van der Waals surface area contributed by atoms with Crippen LogP contribution in [-0.2, 0) is 0 Å². The maximum atomic E-state index is 11.7. The molecule has 0 radical (unpaired) electrons. The van der Waals surface area contributed by atoms with Crippen LogP contribution in [0.4, 0.5) is 5.69 Å². The Morgan fingerprint density at radius 3 is 0.966 bits per heavy atom. The van der Waals surface area contributed by atoms with E-state index in [0.717, 1.165) is 170 Å². The van der Waals surface area contributed by atoms with Crippen LogP contribution in [0.2, 0.25) is 0 Å². The van der Waals surface area contributed by atoms with Crippen molar-refractivity contribution in [1.82, 2.24) is 18.3 Å². The number of rotatable bonds is 4. The fraction of sp³-hybridized carbons (Fsp3) is 0. The van der Waals surface area contributed by atoms with Gasteiger partial charge in [-0.05, 0) is 155 Å². The molecule has 17 aromatic rings. The average Bonchev–Trinajstić information content (AvgIpc) is 1.66. The van der Waals surface area contributed by atoms with Gasteiger partial charge in [-0.25, -0.2) is 4.85 Å². The third-order valence-corrected chi connectivity index (χ3v) is 19.2. The monoisotopic (exact) mass is 1120 g/mol. The summed E-state index contributed by atoms with van der Waals surface area (Å²) in [5.74, 6) is 0. The number of hydrogen-bond acceptors (Lipinski definition) is 4. The highest BCUT2D eigenvalue weighted by atomic mass is 15.0. The quantitative estimate of drug-likeness (QED) is 0.129. The summed E-state index contributed by atoms with van der Waals surface area (Å²) in [5, 5.41) is 54.9. The standard InChI is InChI=1S/C79H38BN9/c1-85-48-24-32-52(33-25-48)87-68-15-7-5-13-56(68)60-39-66-72-64(77(60)87)37-58-54-11-3-9-17-70(54)89(51-30-22-46(42-83)23-31-51)79(58)74(72)62-35-47(43-84)34-61-73-71-63(36-57-53-10-2-8-16-69(53)88(78(57)73)50-28-20-45(41-82)21-29-50)76-59(38-65(71)80(66)75(61)62)55-12-4-6-14-67(55)86(76)49-26-18-44(40-81)19-27-49/h2-39H. The summed E-state index contributed by atoms with van der Waals surface area (Å²) in [6.45, 7) is 7.54. The molecule has 0 aliphatic carbocycles. The Hall–Kier alpha value is -12.9. The lowest BCUT2D eigenvalue weighted by Crippen LogP contribution is -2.57. The van der Waals surface area contributed by atoms with E-state index in [0.29, 0.717) is 27.9 Å². The Bertz CT molecular complexity index is 6000. The number of para-hydroxylation sites is 4. The molecule has 2 aliphatic rings. The van der Waals surface area contributed by atoms with Gasteiger partial charge in [-0.1, -0.05) is 113 Å². The van der Waals surface area contributed by atoms with Crippen molar-refractivity contribution in [2.75, 3.05) is 0 Å². The van der Waals surface area contributed by atoms with Crippen LogP contribution < -0.4 is 16.4 Å². The minimum absolute atomic E-state index is 0.376. The van der Waals surface area contributed by atoms with Gasteiger partial charge in [0.05, 0.1) is 97.2 Å². The molecule has 0 saturated carbocycles. The molecule has 0 saturated heterocycles. The summed E-state index contributed by atoms with van der Waals surface area (Å²) in [5.41, 5.74) is 21.9. The van der Waals surface area contributed by atoms with Gasteiger partial charge in [-0.2, -0.15) is 21.0 Å². The van der Waals surface area contributed by atoms with Gasteiger partial charge < -0.3 is 18.3 Å². The van der Waals surface area contributed by atoms with Crippen LogP contribution >= 0.6 is 0 Å². The van der Waals surface area contributed by atoms with E-state index in [1.54, 1.807) is 0 Å². The predicted octanol–water partition coefficient (Wildman–Crippen LogP) is 16.9. The van der Waals surface area contributed by atoms with Crippen molar-refractivity contribution in [3.8, 4) is 69.3 Å². The Labute approximate surface area is 507 Å². The highest BCUT2D eigenvalue weighted by Crippen LogP contribution is 2.52. The minimum atomic E-state index is -0.376. The van der Waals surface area contributed by atoms with Gasteiger partial charge in [0.25, 0.3) is 0 Å². The highest BCUT2D eigenvalue weighted by molar-refractivity contribution is 7.02. The molecule has 0 unspecified atom stereocenters. The normalized spacial score (nSPS) is 12.2. The molecule has 0 bridgehead atoms. The smallest absolute Gasteiger partial charge is 0.244 e. The molecular weight excluding hydrogens is 1090 g/mol. The van der Waals surface area contributed by atoms with Crippen molar-refractivity contribution in [1.29, 1.82) is 21.0 Å². The summed E-state index contributed by atoms with van der Waals surface area (Å²) in [6, 6.07) is 89.7. The molecule has 89 heavy (non-hydrogen) atoms. The SMILES string of the molecule is [C-]#[N+]c1ccc(-n2c3ccccc3c3cc4c5c(c6c(cc5c32)c2ccccc2n6-c2ccc(C#N)cc2)-c2cc(C#N)cc3c2B4c2cc4c5ccccc5n(-c5ccc(C#N)cc5)c4c4cc5c6ccccc6n(-c6ccc(C#N)cc6)c5c-3c24)cc1. The van der Waals surface area contributed by atoms with Crippen molar-refractivity contribution in [2.45, 2.75) is 0 Å². The van der Waals surface area contributed by atoms with Crippen molar-refractivity contribution in [3.63, 3.8) is 0 Å². The average molecular weight is 1120 g/mol. The van der Waals surface area contributed by atoms with Crippen LogP contribution in [0.25, 0.3) is 159 Å². The van der Waals surface area contributed by atoms with Gasteiger partial charge in [0.15, 0.2) is 5.69 Å². The molecular formula is C79H38BN9. The largest absolute Gasteiger partial charge is 0.309 e. The Morgan fingerprint density at radius 2 is 0.629 bits per heavy atom. The minimum Gasteiger partial charge on any atom is -0.309 e. The zero-order chi connectivity index (χ0) is 59.1. The molecule has 2 aliphatic heterocycles.